The molecule has 1 atom stereocenters. The lowest BCUT2D eigenvalue weighted by Crippen LogP contribution is -2.51. The number of hydrogen-bond donors (Lipinski definition) is 1. The Kier molecular flexibility index (Phi) is 8.37. The van der Waals surface area contributed by atoms with Crippen LogP contribution in [-0.4, -0.2) is 63.9 Å². The van der Waals surface area contributed by atoms with Gasteiger partial charge in [0.05, 0.1) is 19.3 Å². The van der Waals surface area contributed by atoms with Gasteiger partial charge in [0.25, 0.3) is 11.8 Å². The fourth-order valence-electron chi connectivity index (χ4n) is 5.06. The van der Waals surface area contributed by atoms with Gasteiger partial charge in [0.1, 0.15) is 16.4 Å². The van der Waals surface area contributed by atoms with Crippen molar-refractivity contribution >= 4 is 27.5 Å². The van der Waals surface area contributed by atoms with Crippen molar-refractivity contribution in [2.45, 2.75) is 36.7 Å². The average molecular weight is 564 g/mol. The number of amides is 2. The molecule has 2 aliphatic heterocycles. The standard InChI is InChI=1S/C30H33N3O6S/c1-38-26-15-14-23(20-28(26)40(36,37)32-18-8-3-9-19-32)30(35)33-21-27(39-25-13-7-6-12-24(25)33)29(34)31-17-16-22-10-4-2-5-11-22/h2,4-7,10-15,20,27H,3,8-9,16-19,21H2,1H3,(H,31,34)/t27-/m1/s1. The fraction of sp³-hybridized carbons (Fsp3) is 0.333. The predicted molar refractivity (Wildman–Crippen MR) is 151 cm³/mol. The van der Waals surface area contributed by atoms with Crippen LogP contribution >= 0.6 is 0 Å². The van der Waals surface area contributed by atoms with Crippen molar-refractivity contribution in [2.24, 2.45) is 0 Å². The molecule has 0 saturated carbocycles. The van der Waals surface area contributed by atoms with Gasteiger partial charge in [-0.2, -0.15) is 4.31 Å². The summed E-state index contributed by atoms with van der Waals surface area (Å²) in [6.07, 6.45) is 2.31. The molecular formula is C30H33N3O6S. The summed E-state index contributed by atoms with van der Waals surface area (Å²) in [7, 11) is -2.45. The number of carbonyl (C=O) groups excluding carboxylic acids is 2. The number of nitrogens with zero attached hydrogens (tertiary/aromatic N) is 2. The van der Waals surface area contributed by atoms with Crippen LogP contribution in [-0.2, 0) is 21.2 Å². The number of para-hydroxylation sites is 2. The molecule has 1 fully saturated rings. The van der Waals surface area contributed by atoms with E-state index in [1.54, 1.807) is 30.3 Å². The van der Waals surface area contributed by atoms with Gasteiger partial charge in [-0.25, -0.2) is 8.42 Å². The Morgan fingerprint density at radius 1 is 0.975 bits per heavy atom. The highest BCUT2D eigenvalue weighted by atomic mass is 32.2. The van der Waals surface area contributed by atoms with Crippen LogP contribution in [0.2, 0.25) is 0 Å². The summed E-state index contributed by atoms with van der Waals surface area (Å²) in [4.78, 5) is 28.4. The molecule has 0 spiro atoms. The topological polar surface area (TPSA) is 105 Å². The molecule has 2 amide bonds. The smallest absolute Gasteiger partial charge is 0.262 e. The first-order valence-corrected chi connectivity index (χ1v) is 14.9. The van der Waals surface area contributed by atoms with Gasteiger partial charge in [-0.15, -0.1) is 0 Å². The number of nitrogens with one attached hydrogen (secondary N) is 1. The first-order valence-electron chi connectivity index (χ1n) is 13.5. The van der Waals surface area contributed by atoms with Crippen LogP contribution < -0.4 is 19.7 Å². The number of piperidine rings is 1. The van der Waals surface area contributed by atoms with Crippen molar-refractivity contribution in [3.8, 4) is 11.5 Å². The molecule has 3 aromatic rings. The largest absolute Gasteiger partial charge is 0.495 e. The Labute approximate surface area is 234 Å². The second-order valence-electron chi connectivity index (χ2n) is 9.85. The van der Waals surface area contributed by atoms with Crippen molar-refractivity contribution in [1.29, 1.82) is 0 Å². The number of sulfonamides is 1. The summed E-state index contributed by atoms with van der Waals surface area (Å²) in [5.41, 5.74) is 1.79. The number of hydrogen-bond acceptors (Lipinski definition) is 6. The maximum Gasteiger partial charge on any atom is 0.262 e. The monoisotopic (exact) mass is 563 g/mol. The van der Waals surface area contributed by atoms with E-state index in [9.17, 15) is 18.0 Å². The van der Waals surface area contributed by atoms with Crippen LogP contribution in [0.5, 0.6) is 11.5 Å². The minimum absolute atomic E-state index is 0.0206. The second kappa shape index (κ2) is 12.1. The lowest BCUT2D eigenvalue weighted by Gasteiger charge is -2.34. The van der Waals surface area contributed by atoms with Gasteiger partial charge >= 0.3 is 0 Å². The molecule has 0 aromatic heterocycles. The molecule has 0 unspecified atom stereocenters. The quantitative estimate of drug-likeness (QED) is 0.449. The predicted octanol–water partition coefficient (Wildman–Crippen LogP) is 3.64. The number of fused-ring (bicyclic) bond motifs is 1. The second-order valence-corrected chi connectivity index (χ2v) is 11.8. The SMILES string of the molecule is COc1ccc(C(=O)N2C[C@H](C(=O)NCCc3ccccc3)Oc3ccccc32)cc1S(=O)(=O)N1CCCCC1. The normalized spacial score (nSPS) is 17.4. The lowest BCUT2D eigenvalue weighted by molar-refractivity contribution is -0.127. The summed E-state index contributed by atoms with van der Waals surface area (Å²) in [6.45, 7) is 1.27. The zero-order chi connectivity index (χ0) is 28.1. The van der Waals surface area contributed by atoms with Gasteiger partial charge < -0.3 is 19.7 Å². The summed E-state index contributed by atoms with van der Waals surface area (Å²) < 4.78 is 39.8. The van der Waals surface area contributed by atoms with E-state index in [4.69, 9.17) is 9.47 Å². The Bertz CT molecular complexity index is 1470. The highest BCUT2D eigenvalue weighted by molar-refractivity contribution is 7.89. The van der Waals surface area contributed by atoms with Gasteiger partial charge in [-0.3, -0.25) is 9.59 Å². The summed E-state index contributed by atoms with van der Waals surface area (Å²) in [5.74, 6) is -0.179. The molecule has 2 heterocycles. The van der Waals surface area contributed by atoms with Crippen LogP contribution in [0.3, 0.4) is 0 Å². The zero-order valence-electron chi connectivity index (χ0n) is 22.4. The van der Waals surface area contributed by atoms with Gasteiger partial charge in [-0.1, -0.05) is 48.9 Å². The Morgan fingerprint density at radius 3 is 2.45 bits per heavy atom. The molecule has 3 aromatic carbocycles. The lowest BCUT2D eigenvalue weighted by atomic mass is 10.1. The van der Waals surface area contributed by atoms with Crippen molar-refractivity contribution in [3.05, 3.63) is 83.9 Å². The zero-order valence-corrected chi connectivity index (χ0v) is 23.2. The highest BCUT2D eigenvalue weighted by Crippen LogP contribution is 2.35. The Balaban J connectivity index is 1.38. The molecule has 0 radical (unpaired) electrons. The summed E-state index contributed by atoms with van der Waals surface area (Å²) in [5, 5.41) is 2.91. The van der Waals surface area contributed by atoms with Crippen LogP contribution in [0.25, 0.3) is 0 Å². The minimum atomic E-state index is -3.86. The molecule has 9 nitrogen and oxygen atoms in total. The molecule has 5 rings (SSSR count). The van der Waals surface area contributed by atoms with E-state index in [0.29, 0.717) is 37.5 Å². The molecule has 0 bridgehead atoms. The summed E-state index contributed by atoms with van der Waals surface area (Å²) >= 11 is 0. The highest BCUT2D eigenvalue weighted by Gasteiger charge is 2.35. The average Bonchev–Trinajstić information content (AvgIpc) is 3.00. The minimum Gasteiger partial charge on any atom is -0.495 e. The first kappa shape index (κ1) is 27.7. The molecule has 2 aliphatic rings. The number of benzene rings is 3. The van der Waals surface area contributed by atoms with Crippen molar-refractivity contribution in [3.63, 3.8) is 0 Å². The van der Waals surface area contributed by atoms with E-state index >= 15 is 0 Å². The molecule has 1 saturated heterocycles. The van der Waals surface area contributed by atoms with Crippen LogP contribution in [0.15, 0.2) is 77.7 Å². The van der Waals surface area contributed by atoms with Crippen LogP contribution in [0.1, 0.15) is 35.2 Å². The number of ether oxygens (including phenoxy) is 2. The third kappa shape index (κ3) is 5.83. The third-order valence-corrected chi connectivity index (χ3v) is 9.13. The van der Waals surface area contributed by atoms with E-state index in [0.717, 1.165) is 24.8 Å². The van der Waals surface area contributed by atoms with E-state index in [1.807, 2.05) is 30.3 Å². The molecule has 40 heavy (non-hydrogen) atoms. The van der Waals surface area contributed by atoms with Crippen molar-refractivity contribution in [1.82, 2.24) is 9.62 Å². The van der Waals surface area contributed by atoms with E-state index in [-0.39, 0.29) is 28.7 Å². The molecule has 1 N–H and O–H groups in total. The summed E-state index contributed by atoms with van der Waals surface area (Å²) in [6, 6.07) is 21.3. The van der Waals surface area contributed by atoms with Crippen molar-refractivity contribution in [2.75, 3.05) is 38.2 Å². The first-order chi connectivity index (χ1) is 19.4. The molecular weight excluding hydrogens is 530 g/mol. The molecule has 10 heteroatoms. The number of rotatable bonds is 8. The van der Waals surface area contributed by atoms with Gasteiger partial charge in [0.15, 0.2) is 6.10 Å². The van der Waals surface area contributed by atoms with E-state index < -0.39 is 22.0 Å². The third-order valence-electron chi connectivity index (χ3n) is 7.21. The van der Waals surface area contributed by atoms with Crippen molar-refractivity contribution < 1.29 is 27.5 Å². The van der Waals surface area contributed by atoms with Gasteiger partial charge in [-0.05, 0) is 55.2 Å². The Hall–Kier alpha value is -3.89. The van der Waals surface area contributed by atoms with Gasteiger partial charge in [0, 0.05) is 25.2 Å². The molecule has 0 aliphatic carbocycles. The van der Waals surface area contributed by atoms with Crippen LogP contribution in [0.4, 0.5) is 5.69 Å². The maximum atomic E-state index is 13.9. The van der Waals surface area contributed by atoms with E-state index in [2.05, 4.69) is 5.32 Å². The van der Waals surface area contributed by atoms with Crippen LogP contribution in [0, 0.1) is 0 Å². The fourth-order valence-corrected chi connectivity index (χ4v) is 6.76. The van der Waals surface area contributed by atoms with E-state index in [1.165, 1.54) is 28.4 Å². The van der Waals surface area contributed by atoms with Gasteiger partial charge in [0.2, 0.25) is 10.0 Å². The number of carbonyl (C=O) groups is 2. The number of anilines is 1. The maximum absolute atomic E-state index is 13.9. The number of methoxy groups -OCH3 is 1. The Morgan fingerprint density at radius 2 is 1.70 bits per heavy atom. The molecule has 210 valence electrons.